The smallest absolute Gasteiger partial charge is 0.306 e. The van der Waals surface area contributed by atoms with Crippen molar-refractivity contribution in [1.82, 2.24) is 4.90 Å². The summed E-state index contributed by atoms with van der Waals surface area (Å²) in [6, 6.07) is 0. The summed E-state index contributed by atoms with van der Waals surface area (Å²) in [5, 5.41) is 0. The fourth-order valence-corrected chi connectivity index (χ4v) is 2.88. The number of amides is 3. The minimum Gasteiger partial charge on any atom is -0.463 e. The average molecular weight is 407 g/mol. The van der Waals surface area contributed by atoms with Crippen LogP contribution in [-0.2, 0) is 33.4 Å². The first kappa shape index (κ1) is 24.5. The molecule has 1 saturated heterocycles. The van der Waals surface area contributed by atoms with Crippen molar-refractivity contribution in [2.75, 3.05) is 19.8 Å². The molecule has 8 heteroatoms. The summed E-state index contributed by atoms with van der Waals surface area (Å²) in [5.41, 5.74) is -0.591. The molecule has 160 valence electrons. The van der Waals surface area contributed by atoms with Gasteiger partial charge in [0.25, 0.3) is 0 Å². The zero-order chi connectivity index (χ0) is 22.0. The molecule has 0 radical (unpaired) electrons. The molecule has 0 saturated carbocycles. The Morgan fingerprint density at radius 2 is 1.72 bits per heavy atom. The summed E-state index contributed by atoms with van der Waals surface area (Å²) in [5.74, 6) is -0.183. The summed E-state index contributed by atoms with van der Waals surface area (Å²) in [6.45, 7) is 5.70. The quantitative estimate of drug-likeness (QED) is 0.222. The monoisotopic (exact) mass is 407 g/mol. The number of imide groups is 3. The molecule has 0 aromatic carbocycles. The van der Waals surface area contributed by atoms with E-state index in [0.29, 0.717) is 11.3 Å². The molecule has 1 heterocycles. The van der Waals surface area contributed by atoms with Crippen LogP contribution in [0.4, 0.5) is 0 Å². The second-order valence-electron chi connectivity index (χ2n) is 7.88. The number of esters is 1. The second-order valence-corrected chi connectivity index (χ2v) is 7.88. The van der Waals surface area contributed by atoms with E-state index in [2.05, 4.69) is 5.92 Å². The molecule has 1 aliphatic rings. The summed E-state index contributed by atoms with van der Waals surface area (Å²) in [6.07, 6.45) is 5.92. The van der Waals surface area contributed by atoms with Crippen molar-refractivity contribution in [3.8, 4) is 12.3 Å². The van der Waals surface area contributed by atoms with E-state index in [4.69, 9.17) is 15.9 Å². The molecule has 1 rings (SSSR count). The van der Waals surface area contributed by atoms with E-state index >= 15 is 0 Å². The van der Waals surface area contributed by atoms with Crippen molar-refractivity contribution >= 4 is 29.5 Å². The molecule has 0 bridgehead atoms. The number of ketones is 1. The second kappa shape index (κ2) is 11.5. The van der Waals surface area contributed by atoms with Crippen LogP contribution in [0.5, 0.6) is 0 Å². The molecule has 8 nitrogen and oxygen atoms in total. The lowest BCUT2D eigenvalue weighted by molar-refractivity contribution is -0.149. The van der Waals surface area contributed by atoms with Gasteiger partial charge in [-0.15, -0.1) is 12.3 Å². The predicted molar refractivity (Wildman–Crippen MR) is 103 cm³/mol. The van der Waals surface area contributed by atoms with Gasteiger partial charge in [0, 0.05) is 43.6 Å². The number of carbonyl (C=O) groups is 5. The minimum atomic E-state index is -0.591. The molecule has 0 N–H and O–H groups in total. The summed E-state index contributed by atoms with van der Waals surface area (Å²) < 4.78 is 10.4. The Morgan fingerprint density at radius 3 is 2.28 bits per heavy atom. The van der Waals surface area contributed by atoms with Crippen LogP contribution in [0.15, 0.2) is 0 Å². The van der Waals surface area contributed by atoms with E-state index in [0.717, 1.165) is 0 Å². The molecule has 0 aromatic rings. The zero-order valence-electron chi connectivity index (χ0n) is 17.3. The first-order valence-electron chi connectivity index (χ1n) is 9.67. The molecule has 1 atom stereocenters. The Kier molecular flexibility index (Phi) is 9.69. The molecule has 0 aliphatic carbocycles. The van der Waals surface area contributed by atoms with E-state index < -0.39 is 35.0 Å². The van der Waals surface area contributed by atoms with Gasteiger partial charge in [-0.05, 0) is 6.42 Å². The van der Waals surface area contributed by atoms with Crippen LogP contribution in [0.1, 0.15) is 59.3 Å². The van der Waals surface area contributed by atoms with Crippen molar-refractivity contribution < 1.29 is 33.4 Å². The molecule has 3 amide bonds. The molecule has 1 fully saturated rings. The number of likely N-dealkylation sites (tertiary alicyclic amines) is 1. The topological polar surface area (TPSA) is 107 Å². The highest BCUT2D eigenvalue weighted by atomic mass is 16.6. The van der Waals surface area contributed by atoms with Gasteiger partial charge in [-0.25, -0.2) is 4.90 Å². The number of hydrogen-bond acceptors (Lipinski definition) is 7. The fraction of sp³-hybridized carbons (Fsp3) is 0.667. The van der Waals surface area contributed by atoms with Crippen LogP contribution in [0.2, 0.25) is 0 Å². The Balaban J connectivity index is 2.20. The molecular weight excluding hydrogens is 378 g/mol. The molecular formula is C21H29NO7. The van der Waals surface area contributed by atoms with E-state index in [9.17, 15) is 24.0 Å². The third kappa shape index (κ3) is 8.16. The Morgan fingerprint density at radius 1 is 1.10 bits per heavy atom. The van der Waals surface area contributed by atoms with E-state index in [1.807, 2.05) is 0 Å². The third-order valence-electron chi connectivity index (χ3n) is 4.36. The zero-order valence-corrected chi connectivity index (χ0v) is 17.3. The summed E-state index contributed by atoms with van der Waals surface area (Å²) >= 11 is 0. The van der Waals surface area contributed by atoms with Crippen molar-refractivity contribution in [3.63, 3.8) is 0 Å². The van der Waals surface area contributed by atoms with Crippen LogP contribution < -0.4 is 0 Å². The van der Waals surface area contributed by atoms with Gasteiger partial charge in [-0.2, -0.15) is 0 Å². The summed E-state index contributed by atoms with van der Waals surface area (Å²) in [4.78, 5) is 59.7. The van der Waals surface area contributed by atoms with Crippen molar-refractivity contribution in [1.29, 1.82) is 0 Å². The third-order valence-corrected chi connectivity index (χ3v) is 4.36. The maximum Gasteiger partial charge on any atom is 0.306 e. The van der Waals surface area contributed by atoms with E-state index in [1.165, 1.54) is 0 Å². The van der Waals surface area contributed by atoms with E-state index in [-0.39, 0.29) is 57.7 Å². The van der Waals surface area contributed by atoms with Gasteiger partial charge in [-0.1, -0.05) is 20.8 Å². The maximum absolute atomic E-state index is 12.3. The Bertz CT molecular complexity index is 668. The van der Waals surface area contributed by atoms with Crippen LogP contribution >= 0.6 is 0 Å². The number of ether oxygens (including phenoxy) is 2. The predicted octanol–water partition coefficient (Wildman–Crippen LogP) is 1.65. The largest absolute Gasteiger partial charge is 0.463 e. The molecule has 0 spiro atoms. The standard InChI is InChI=1S/C21H29NO7/c1-5-7-15(20(27)21(2,3)4)14-19(26)29-13-12-28-11-6-8-16(23)22-17(24)9-10-18(22)25/h1,15H,6-14H2,2-4H3. The lowest BCUT2D eigenvalue weighted by atomic mass is 9.80. The number of terminal acetylenes is 1. The first-order valence-corrected chi connectivity index (χ1v) is 9.67. The highest BCUT2D eigenvalue weighted by Crippen LogP contribution is 2.24. The molecule has 0 aromatic heterocycles. The SMILES string of the molecule is C#CCC(CC(=O)OCCOCCCC(=O)N1C(=O)CCC1=O)C(=O)C(C)(C)C. The lowest BCUT2D eigenvalue weighted by Gasteiger charge is -2.22. The number of hydrogen-bond donors (Lipinski definition) is 0. The fourth-order valence-electron chi connectivity index (χ4n) is 2.88. The lowest BCUT2D eigenvalue weighted by Crippen LogP contribution is -2.35. The summed E-state index contributed by atoms with van der Waals surface area (Å²) in [7, 11) is 0. The molecule has 29 heavy (non-hydrogen) atoms. The van der Waals surface area contributed by atoms with Crippen LogP contribution in [0, 0.1) is 23.7 Å². The van der Waals surface area contributed by atoms with Crippen LogP contribution in [0.3, 0.4) is 0 Å². The highest BCUT2D eigenvalue weighted by Gasteiger charge is 2.33. The maximum atomic E-state index is 12.3. The highest BCUT2D eigenvalue weighted by molar-refractivity contribution is 6.14. The number of nitrogens with zero attached hydrogens (tertiary/aromatic N) is 1. The van der Waals surface area contributed by atoms with Crippen molar-refractivity contribution in [3.05, 3.63) is 0 Å². The van der Waals surface area contributed by atoms with Gasteiger partial charge in [0.2, 0.25) is 17.7 Å². The molecule has 1 aliphatic heterocycles. The van der Waals surface area contributed by atoms with Crippen LogP contribution in [-0.4, -0.2) is 54.2 Å². The Hall–Kier alpha value is -2.53. The van der Waals surface area contributed by atoms with Gasteiger partial charge in [0.1, 0.15) is 12.4 Å². The normalized spacial score (nSPS) is 15.2. The number of Topliss-reactive ketones (excluding diaryl/α,β-unsaturated/α-hetero) is 1. The van der Waals surface area contributed by atoms with Gasteiger partial charge in [-0.3, -0.25) is 24.0 Å². The average Bonchev–Trinajstić information content (AvgIpc) is 2.97. The van der Waals surface area contributed by atoms with Gasteiger partial charge in [0.15, 0.2) is 0 Å². The van der Waals surface area contributed by atoms with Crippen LogP contribution in [0.25, 0.3) is 0 Å². The number of carbonyl (C=O) groups excluding carboxylic acids is 5. The van der Waals surface area contributed by atoms with Gasteiger partial charge < -0.3 is 9.47 Å². The van der Waals surface area contributed by atoms with E-state index in [1.54, 1.807) is 20.8 Å². The first-order chi connectivity index (χ1) is 13.6. The molecule has 1 unspecified atom stereocenters. The number of rotatable bonds is 11. The van der Waals surface area contributed by atoms with Crippen molar-refractivity contribution in [2.45, 2.75) is 59.3 Å². The van der Waals surface area contributed by atoms with Crippen molar-refractivity contribution in [2.24, 2.45) is 11.3 Å². The Labute approximate surface area is 171 Å². The van der Waals surface area contributed by atoms with Gasteiger partial charge >= 0.3 is 5.97 Å². The van der Waals surface area contributed by atoms with Gasteiger partial charge in [0.05, 0.1) is 13.0 Å². The minimum absolute atomic E-state index is 0.0162.